The first kappa shape index (κ1) is 11.6. The smallest absolute Gasteiger partial charge is 0.258 e. The lowest BCUT2D eigenvalue weighted by Crippen LogP contribution is -2.30. The lowest BCUT2D eigenvalue weighted by molar-refractivity contribution is -0.119. The third kappa shape index (κ3) is 1.88. The molecule has 1 aromatic carbocycles. The topological polar surface area (TPSA) is 37.4 Å². The molecule has 3 nitrogen and oxygen atoms in total. The van der Waals surface area contributed by atoms with Gasteiger partial charge in [-0.25, -0.2) is 4.90 Å². The van der Waals surface area contributed by atoms with Crippen LogP contribution in [0.1, 0.15) is 0 Å². The molecule has 0 aliphatic carbocycles. The van der Waals surface area contributed by atoms with E-state index < -0.39 is 11.8 Å². The van der Waals surface area contributed by atoms with Crippen LogP contribution in [0.4, 0.5) is 5.69 Å². The zero-order valence-electron chi connectivity index (χ0n) is 7.71. The van der Waals surface area contributed by atoms with Gasteiger partial charge < -0.3 is 0 Å². The minimum atomic E-state index is -0.448. The van der Waals surface area contributed by atoms with Gasteiger partial charge in [-0.2, -0.15) is 0 Å². The average Bonchev–Trinajstić information content (AvgIpc) is 2.47. The van der Waals surface area contributed by atoms with Crippen LogP contribution in [0.2, 0.25) is 10.0 Å². The summed E-state index contributed by atoms with van der Waals surface area (Å²) in [5.41, 5.74) is 0.214. The van der Waals surface area contributed by atoms with E-state index in [0.717, 1.165) is 4.90 Å². The van der Waals surface area contributed by atoms with Crippen molar-refractivity contribution >= 4 is 56.6 Å². The number of carbonyl (C=O) groups excluding carboxylic acids is 2. The Morgan fingerprint density at radius 3 is 1.88 bits per heavy atom. The van der Waals surface area contributed by atoms with Crippen molar-refractivity contribution < 1.29 is 9.59 Å². The minimum absolute atomic E-state index is 0.214. The lowest BCUT2D eigenvalue weighted by atomic mass is 10.3. The van der Waals surface area contributed by atoms with Crippen molar-refractivity contribution in [2.45, 2.75) is 0 Å². The van der Waals surface area contributed by atoms with Crippen LogP contribution in [0.15, 0.2) is 28.8 Å². The Morgan fingerprint density at radius 2 is 1.44 bits per heavy atom. The second-order valence-electron chi connectivity index (χ2n) is 3.06. The molecule has 0 N–H and O–H groups in total. The van der Waals surface area contributed by atoms with E-state index in [1.807, 2.05) is 0 Å². The van der Waals surface area contributed by atoms with Crippen molar-refractivity contribution in [3.05, 3.63) is 38.8 Å². The fourth-order valence-corrected chi connectivity index (χ4v) is 2.75. The summed E-state index contributed by atoms with van der Waals surface area (Å²) in [5.74, 6) is -0.896. The number of rotatable bonds is 1. The van der Waals surface area contributed by atoms with Crippen LogP contribution in [0.5, 0.6) is 0 Å². The van der Waals surface area contributed by atoms with Gasteiger partial charge in [0.15, 0.2) is 0 Å². The van der Waals surface area contributed by atoms with E-state index >= 15 is 0 Å². The summed E-state index contributed by atoms with van der Waals surface area (Å²) in [5, 5.41) is 0.481. The molecule has 0 saturated heterocycles. The highest BCUT2D eigenvalue weighted by Crippen LogP contribution is 2.37. The first-order valence-electron chi connectivity index (χ1n) is 4.21. The molecular formula is C10H4BrCl2NO2. The van der Waals surface area contributed by atoms with E-state index in [9.17, 15) is 9.59 Å². The SMILES string of the molecule is O=C1C=CC(=O)N1c1c(Cl)cc(Br)cc1Cl. The van der Waals surface area contributed by atoms with Gasteiger partial charge >= 0.3 is 0 Å². The molecule has 2 rings (SSSR count). The fraction of sp³-hybridized carbons (Fsp3) is 0. The third-order valence-electron chi connectivity index (χ3n) is 2.01. The van der Waals surface area contributed by atoms with E-state index in [4.69, 9.17) is 23.2 Å². The maximum Gasteiger partial charge on any atom is 0.258 e. The Labute approximate surface area is 110 Å². The zero-order chi connectivity index (χ0) is 11.9. The Morgan fingerprint density at radius 1 is 1.00 bits per heavy atom. The number of carbonyl (C=O) groups is 2. The monoisotopic (exact) mass is 319 g/mol. The number of hydrogen-bond acceptors (Lipinski definition) is 2. The van der Waals surface area contributed by atoms with Crippen LogP contribution >= 0.6 is 39.1 Å². The predicted octanol–water partition coefficient (Wildman–Crippen LogP) is 3.19. The highest BCUT2D eigenvalue weighted by Gasteiger charge is 2.29. The standard InChI is InChI=1S/C10H4BrCl2NO2/c11-5-3-6(12)10(7(13)4-5)14-8(15)1-2-9(14)16/h1-4H. The van der Waals surface area contributed by atoms with Gasteiger partial charge in [0.1, 0.15) is 0 Å². The number of amides is 2. The molecule has 6 heteroatoms. The van der Waals surface area contributed by atoms with Crippen LogP contribution in [0.25, 0.3) is 0 Å². The normalized spacial score (nSPS) is 15.1. The molecule has 0 aromatic heterocycles. The Bertz CT molecular complexity index is 487. The van der Waals surface area contributed by atoms with Crippen LogP contribution in [-0.4, -0.2) is 11.8 Å². The molecule has 1 aliphatic rings. The molecule has 1 heterocycles. The molecule has 16 heavy (non-hydrogen) atoms. The fourth-order valence-electron chi connectivity index (χ4n) is 1.37. The molecule has 0 bridgehead atoms. The van der Waals surface area contributed by atoms with Crippen LogP contribution < -0.4 is 4.90 Å². The van der Waals surface area contributed by atoms with Gasteiger partial charge in [0.25, 0.3) is 11.8 Å². The number of benzene rings is 1. The van der Waals surface area contributed by atoms with Gasteiger partial charge in [-0.15, -0.1) is 0 Å². The van der Waals surface area contributed by atoms with Crippen LogP contribution in [0, 0.1) is 0 Å². The minimum Gasteiger partial charge on any atom is -0.269 e. The summed E-state index contributed by atoms with van der Waals surface area (Å²) < 4.78 is 0.679. The van der Waals surface area contributed by atoms with Crippen molar-refractivity contribution in [3.63, 3.8) is 0 Å². The zero-order valence-corrected chi connectivity index (χ0v) is 10.8. The number of hydrogen-bond donors (Lipinski definition) is 0. The number of anilines is 1. The molecule has 2 amide bonds. The molecule has 0 fully saturated rings. The second kappa shape index (κ2) is 4.20. The molecule has 1 aromatic rings. The Kier molecular flexibility index (Phi) is 3.06. The van der Waals surface area contributed by atoms with Crippen molar-refractivity contribution in [2.24, 2.45) is 0 Å². The summed E-state index contributed by atoms with van der Waals surface area (Å²) in [7, 11) is 0. The van der Waals surface area contributed by atoms with Gasteiger partial charge in [0.05, 0.1) is 15.7 Å². The number of nitrogens with zero attached hydrogens (tertiary/aromatic N) is 1. The van der Waals surface area contributed by atoms with Crippen LogP contribution in [-0.2, 0) is 9.59 Å². The van der Waals surface area contributed by atoms with Gasteiger partial charge in [0.2, 0.25) is 0 Å². The maximum absolute atomic E-state index is 11.5. The molecule has 0 atom stereocenters. The molecule has 0 spiro atoms. The summed E-state index contributed by atoms with van der Waals surface area (Å²) in [6, 6.07) is 3.14. The first-order chi connectivity index (χ1) is 7.50. The lowest BCUT2D eigenvalue weighted by Gasteiger charge is -2.17. The number of halogens is 3. The largest absolute Gasteiger partial charge is 0.269 e. The van der Waals surface area contributed by atoms with Gasteiger partial charge in [-0.3, -0.25) is 9.59 Å². The molecule has 82 valence electrons. The van der Waals surface area contributed by atoms with Crippen molar-refractivity contribution in [3.8, 4) is 0 Å². The number of imide groups is 1. The Balaban J connectivity index is 2.57. The van der Waals surface area contributed by atoms with Gasteiger partial charge in [-0.1, -0.05) is 39.1 Å². The van der Waals surface area contributed by atoms with E-state index in [2.05, 4.69) is 15.9 Å². The maximum atomic E-state index is 11.5. The van der Waals surface area contributed by atoms with Gasteiger partial charge in [0, 0.05) is 16.6 Å². The molecule has 0 radical (unpaired) electrons. The molecule has 0 unspecified atom stereocenters. The summed E-state index contributed by atoms with van der Waals surface area (Å²) >= 11 is 15.1. The van der Waals surface area contributed by atoms with E-state index in [0.29, 0.717) is 4.47 Å². The third-order valence-corrected chi connectivity index (χ3v) is 3.05. The molecule has 1 aliphatic heterocycles. The van der Waals surface area contributed by atoms with E-state index in [1.54, 1.807) is 12.1 Å². The van der Waals surface area contributed by atoms with Gasteiger partial charge in [-0.05, 0) is 12.1 Å². The first-order valence-corrected chi connectivity index (χ1v) is 5.76. The summed E-state index contributed by atoms with van der Waals surface area (Å²) in [4.78, 5) is 23.9. The summed E-state index contributed by atoms with van der Waals surface area (Å²) in [6.07, 6.45) is 2.36. The van der Waals surface area contributed by atoms with Crippen molar-refractivity contribution in [1.29, 1.82) is 0 Å². The highest BCUT2D eigenvalue weighted by atomic mass is 79.9. The van der Waals surface area contributed by atoms with Crippen molar-refractivity contribution in [1.82, 2.24) is 0 Å². The highest BCUT2D eigenvalue weighted by molar-refractivity contribution is 9.10. The average molecular weight is 321 g/mol. The van der Waals surface area contributed by atoms with Crippen molar-refractivity contribution in [2.75, 3.05) is 4.90 Å². The molecular weight excluding hydrogens is 317 g/mol. The quantitative estimate of drug-likeness (QED) is 0.745. The summed E-state index contributed by atoms with van der Waals surface area (Å²) in [6.45, 7) is 0. The second-order valence-corrected chi connectivity index (χ2v) is 4.79. The van der Waals surface area contributed by atoms with E-state index in [1.165, 1.54) is 12.2 Å². The predicted molar refractivity (Wildman–Crippen MR) is 65.8 cm³/mol. The molecule has 0 saturated carbocycles. The van der Waals surface area contributed by atoms with E-state index in [-0.39, 0.29) is 15.7 Å². The van der Waals surface area contributed by atoms with Crippen LogP contribution in [0.3, 0.4) is 0 Å². The Hall–Kier alpha value is -0.840.